The van der Waals surface area contributed by atoms with E-state index in [0.717, 1.165) is 0 Å². The van der Waals surface area contributed by atoms with E-state index in [1.807, 2.05) is 0 Å². The Bertz CT molecular complexity index is 735. The molecular formula is C20H26O7. The number of methoxy groups -OCH3 is 5. The molecule has 7 nitrogen and oxygen atoms in total. The van der Waals surface area contributed by atoms with E-state index in [4.69, 9.17) is 23.7 Å². The fourth-order valence-electron chi connectivity index (χ4n) is 3.00. The molecule has 0 aliphatic rings. The van der Waals surface area contributed by atoms with Crippen molar-refractivity contribution >= 4 is 0 Å². The number of hydrogen-bond donors (Lipinski definition) is 2. The molecule has 0 radical (unpaired) electrons. The lowest BCUT2D eigenvalue weighted by Gasteiger charge is -2.25. The van der Waals surface area contributed by atoms with E-state index in [9.17, 15) is 10.2 Å². The summed E-state index contributed by atoms with van der Waals surface area (Å²) in [4.78, 5) is 0. The lowest BCUT2D eigenvalue weighted by molar-refractivity contribution is 0.105. The van der Waals surface area contributed by atoms with Gasteiger partial charge >= 0.3 is 0 Å². The number of aliphatic hydroxyl groups excluding tert-OH is 2. The number of ether oxygens (including phenoxy) is 5. The summed E-state index contributed by atoms with van der Waals surface area (Å²) in [5.74, 6) is 1.77. The van der Waals surface area contributed by atoms with E-state index in [1.165, 1.54) is 28.4 Å². The van der Waals surface area contributed by atoms with Crippen molar-refractivity contribution in [2.45, 2.75) is 12.0 Å². The van der Waals surface area contributed by atoms with Gasteiger partial charge < -0.3 is 33.9 Å². The fraction of sp³-hybridized carbons (Fsp3) is 0.400. The standard InChI is InChI=1S/C20H26O7/c1-23-13-6-7-14(16(10-13)24-2)15(11-21)19(22)12-8-17(25-3)20(27-5)18(9-12)26-4/h6-10,15,19,21-22H,11H2,1-5H3. The molecule has 0 fully saturated rings. The zero-order chi connectivity index (χ0) is 20.0. The summed E-state index contributed by atoms with van der Waals surface area (Å²) >= 11 is 0. The summed E-state index contributed by atoms with van der Waals surface area (Å²) in [5, 5.41) is 21.0. The van der Waals surface area contributed by atoms with Crippen molar-refractivity contribution in [3.63, 3.8) is 0 Å². The predicted octanol–water partition coefficient (Wildman–Crippen LogP) is 2.54. The van der Waals surface area contributed by atoms with Gasteiger partial charge in [0.2, 0.25) is 5.75 Å². The number of rotatable bonds is 9. The van der Waals surface area contributed by atoms with Gasteiger partial charge in [0, 0.05) is 17.5 Å². The Morgan fingerprint density at radius 1 is 0.778 bits per heavy atom. The van der Waals surface area contributed by atoms with Gasteiger partial charge in [-0.2, -0.15) is 0 Å². The van der Waals surface area contributed by atoms with Gasteiger partial charge in [0.25, 0.3) is 0 Å². The lowest BCUT2D eigenvalue weighted by Crippen LogP contribution is -2.16. The highest BCUT2D eigenvalue weighted by atomic mass is 16.5. The van der Waals surface area contributed by atoms with E-state index >= 15 is 0 Å². The van der Waals surface area contributed by atoms with Gasteiger partial charge in [0.1, 0.15) is 11.5 Å². The highest BCUT2D eigenvalue weighted by Crippen LogP contribution is 2.43. The fourth-order valence-corrected chi connectivity index (χ4v) is 3.00. The van der Waals surface area contributed by atoms with Crippen LogP contribution in [-0.2, 0) is 0 Å². The quantitative estimate of drug-likeness (QED) is 0.693. The third kappa shape index (κ3) is 4.20. The van der Waals surface area contributed by atoms with Crippen molar-refractivity contribution in [3.05, 3.63) is 41.5 Å². The Labute approximate surface area is 159 Å². The molecule has 2 N–H and O–H groups in total. The molecule has 2 aromatic carbocycles. The molecule has 0 aromatic heterocycles. The largest absolute Gasteiger partial charge is 0.497 e. The molecule has 148 valence electrons. The first-order valence-electron chi connectivity index (χ1n) is 8.35. The van der Waals surface area contributed by atoms with Crippen LogP contribution >= 0.6 is 0 Å². The average Bonchev–Trinajstić information content (AvgIpc) is 2.72. The Morgan fingerprint density at radius 2 is 1.37 bits per heavy atom. The van der Waals surface area contributed by atoms with Crippen LogP contribution < -0.4 is 23.7 Å². The summed E-state index contributed by atoms with van der Waals surface area (Å²) < 4.78 is 26.6. The van der Waals surface area contributed by atoms with Crippen LogP contribution in [0.25, 0.3) is 0 Å². The van der Waals surface area contributed by atoms with Crippen molar-refractivity contribution in [1.29, 1.82) is 0 Å². The SMILES string of the molecule is COc1ccc(C(CO)C(O)c2cc(OC)c(OC)c(OC)c2)c(OC)c1. The van der Waals surface area contributed by atoms with Gasteiger partial charge in [-0.3, -0.25) is 0 Å². The molecule has 0 saturated carbocycles. The molecule has 0 heterocycles. The third-order valence-corrected chi connectivity index (χ3v) is 4.45. The van der Waals surface area contributed by atoms with Gasteiger partial charge in [-0.15, -0.1) is 0 Å². The van der Waals surface area contributed by atoms with Crippen molar-refractivity contribution in [2.75, 3.05) is 42.2 Å². The molecular weight excluding hydrogens is 352 g/mol. The third-order valence-electron chi connectivity index (χ3n) is 4.45. The van der Waals surface area contributed by atoms with Crippen LogP contribution in [0.5, 0.6) is 28.7 Å². The molecule has 2 aromatic rings. The summed E-state index contributed by atoms with van der Waals surface area (Å²) in [5.41, 5.74) is 1.17. The smallest absolute Gasteiger partial charge is 0.203 e. The molecule has 0 bridgehead atoms. The highest BCUT2D eigenvalue weighted by Gasteiger charge is 2.27. The molecule has 0 aliphatic heterocycles. The van der Waals surface area contributed by atoms with Gasteiger partial charge in [-0.1, -0.05) is 6.07 Å². The first-order valence-corrected chi connectivity index (χ1v) is 8.35. The van der Waals surface area contributed by atoms with Crippen LogP contribution in [-0.4, -0.2) is 52.4 Å². The van der Waals surface area contributed by atoms with E-state index in [-0.39, 0.29) is 6.61 Å². The van der Waals surface area contributed by atoms with E-state index in [0.29, 0.717) is 39.9 Å². The number of benzene rings is 2. The predicted molar refractivity (Wildman–Crippen MR) is 100 cm³/mol. The monoisotopic (exact) mass is 378 g/mol. The molecule has 2 unspecified atom stereocenters. The maximum absolute atomic E-state index is 11.0. The minimum atomic E-state index is -1.04. The summed E-state index contributed by atoms with van der Waals surface area (Å²) in [7, 11) is 7.60. The maximum atomic E-state index is 11.0. The minimum Gasteiger partial charge on any atom is -0.497 e. The molecule has 0 saturated heterocycles. The summed E-state index contributed by atoms with van der Waals surface area (Å²) in [6.45, 7) is -0.291. The molecule has 2 rings (SSSR count). The molecule has 0 spiro atoms. The number of hydrogen-bond acceptors (Lipinski definition) is 7. The Kier molecular flexibility index (Phi) is 7.15. The van der Waals surface area contributed by atoms with Gasteiger partial charge in [-0.25, -0.2) is 0 Å². The maximum Gasteiger partial charge on any atom is 0.203 e. The van der Waals surface area contributed by atoms with Crippen LogP contribution in [0.4, 0.5) is 0 Å². The molecule has 7 heteroatoms. The lowest BCUT2D eigenvalue weighted by atomic mass is 9.88. The van der Waals surface area contributed by atoms with Crippen molar-refractivity contribution < 1.29 is 33.9 Å². The van der Waals surface area contributed by atoms with Crippen LogP contribution in [0.1, 0.15) is 23.1 Å². The Morgan fingerprint density at radius 3 is 1.81 bits per heavy atom. The first kappa shape index (κ1) is 20.7. The van der Waals surface area contributed by atoms with Gasteiger partial charge in [-0.05, 0) is 23.8 Å². The van der Waals surface area contributed by atoms with E-state index in [1.54, 1.807) is 37.4 Å². The Balaban J connectivity index is 2.50. The van der Waals surface area contributed by atoms with Gasteiger partial charge in [0.05, 0.1) is 48.3 Å². The second-order valence-electron chi connectivity index (χ2n) is 5.80. The van der Waals surface area contributed by atoms with Crippen molar-refractivity contribution in [3.8, 4) is 28.7 Å². The molecule has 2 atom stereocenters. The van der Waals surface area contributed by atoms with E-state index in [2.05, 4.69) is 0 Å². The molecule has 0 aliphatic carbocycles. The molecule has 0 amide bonds. The number of aliphatic hydroxyl groups is 2. The van der Waals surface area contributed by atoms with Crippen LogP contribution in [0.3, 0.4) is 0 Å². The average molecular weight is 378 g/mol. The zero-order valence-electron chi connectivity index (χ0n) is 16.2. The van der Waals surface area contributed by atoms with Crippen molar-refractivity contribution in [1.82, 2.24) is 0 Å². The first-order chi connectivity index (χ1) is 13.0. The van der Waals surface area contributed by atoms with Crippen LogP contribution in [0.2, 0.25) is 0 Å². The summed E-state index contributed by atoms with van der Waals surface area (Å²) in [6, 6.07) is 8.54. The topological polar surface area (TPSA) is 86.6 Å². The highest BCUT2D eigenvalue weighted by molar-refractivity contribution is 5.55. The second kappa shape index (κ2) is 9.34. The van der Waals surface area contributed by atoms with Crippen LogP contribution in [0.15, 0.2) is 30.3 Å². The minimum absolute atomic E-state index is 0.291. The van der Waals surface area contributed by atoms with Crippen LogP contribution in [0, 0.1) is 0 Å². The Hall–Kier alpha value is -2.64. The zero-order valence-corrected chi connectivity index (χ0v) is 16.2. The molecule has 27 heavy (non-hydrogen) atoms. The van der Waals surface area contributed by atoms with E-state index < -0.39 is 12.0 Å². The summed E-state index contributed by atoms with van der Waals surface area (Å²) in [6.07, 6.45) is -1.04. The van der Waals surface area contributed by atoms with Crippen molar-refractivity contribution in [2.24, 2.45) is 0 Å². The second-order valence-corrected chi connectivity index (χ2v) is 5.80. The van der Waals surface area contributed by atoms with Gasteiger partial charge in [0.15, 0.2) is 11.5 Å². The normalized spacial score (nSPS) is 12.9.